The van der Waals surface area contributed by atoms with Crippen molar-refractivity contribution in [2.75, 3.05) is 32.7 Å². The summed E-state index contributed by atoms with van der Waals surface area (Å²) < 4.78 is 0. The van der Waals surface area contributed by atoms with Crippen molar-refractivity contribution in [2.45, 2.75) is 57.2 Å². The van der Waals surface area contributed by atoms with E-state index in [-0.39, 0.29) is 0 Å². The molecule has 2 saturated heterocycles. The highest BCUT2D eigenvalue weighted by molar-refractivity contribution is 4.90. The predicted molar refractivity (Wildman–Crippen MR) is 74.5 cm³/mol. The molecule has 3 unspecified atom stereocenters. The minimum Gasteiger partial charge on any atom is -0.389 e. The average Bonchev–Trinajstić information content (AvgIpc) is 2.76. The van der Waals surface area contributed by atoms with Gasteiger partial charge >= 0.3 is 0 Å². The number of fused-ring (bicyclic) bond motifs is 1. The van der Waals surface area contributed by atoms with Crippen LogP contribution >= 0.6 is 0 Å². The summed E-state index contributed by atoms with van der Waals surface area (Å²) in [6.45, 7) is 9.36. The summed E-state index contributed by atoms with van der Waals surface area (Å²) in [5.74, 6) is 0. The second-order valence-electron chi connectivity index (χ2n) is 6.44. The van der Waals surface area contributed by atoms with E-state index >= 15 is 0 Å². The molecular weight excluding hydrogens is 226 g/mol. The van der Waals surface area contributed by atoms with Gasteiger partial charge in [0.15, 0.2) is 0 Å². The van der Waals surface area contributed by atoms with Crippen LogP contribution < -0.4 is 5.73 Å². The number of rotatable bonds is 5. The molecule has 0 aliphatic carbocycles. The zero-order valence-corrected chi connectivity index (χ0v) is 11.9. The molecule has 0 bridgehead atoms. The fourth-order valence-corrected chi connectivity index (χ4v) is 3.32. The van der Waals surface area contributed by atoms with Crippen LogP contribution in [0.25, 0.3) is 0 Å². The number of nitrogens with zero attached hydrogens (tertiary/aromatic N) is 2. The van der Waals surface area contributed by atoms with Crippen molar-refractivity contribution in [2.24, 2.45) is 5.73 Å². The van der Waals surface area contributed by atoms with Gasteiger partial charge in [-0.2, -0.15) is 0 Å². The number of nitrogens with two attached hydrogens (primary N) is 1. The molecule has 0 aromatic carbocycles. The Labute approximate surface area is 111 Å². The minimum absolute atomic E-state index is 0.360. The highest BCUT2D eigenvalue weighted by Crippen LogP contribution is 2.25. The Hall–Kier alpha value is -0.160. The van der Waals surface area contributed by atoms with Gasteiger partial charge in [-0.1, -0.05) is 0 Å². The molecule has 2 fully saturated rings. The van der Waals surface area contributed by atoms with E-state index in [9.17, 15) is 5.11 Å². The molecule has 18 heavy (non-hydrogen) atoms. The van der Waals surface area contributed by atoms with Gasteiger partial charge in [0.05, 0.1) is 5.60 Å². The van der Waals surface area contributed by atoms with E-state index in [1.54, 1.807) is 0 Å². The van der Waals surface area contributed by atoms with Crippen LogP contribution in [0, 0.1) is 0 Å². The van der Waals surface area contributed by atoms with Gasteiger partial charge in [-0.25, -0.2) is 0 Å². The van der Waals surface area contributed by atoms with Gasteiger partial charge in [-0.3, -0.25) is 9.80 Å². The van der Waals surface area contributed by atoms with Crippen LogP contribution in [0.3, 0.4) is 0 Å². The van der Waals surface area contributed by atoms with Crippen molar-refractivity contribution in [3.05, 3.63) is 0 Å². The van der Waals surface area contributed by atoms with E-state index < -0.39 is 5.60 Å². The molecule has 2 heterocycles. The fourth-order valence-electron chi connectivity index (χ4n) is 3.32. The third-order valence-corrected chi connectivity index (χ3v) is 4.67. The van der Waals surface area contributed by atoms with E-state index in [4.69, 9.17) is 5.73 Å². The van der Waals surface area contributed by atoms with Crippen molar-refractivity contribution in [1.29, 1.82) is 0 Å². The van der Waals surface area contributed by atoms with E-state index in [0.717, 1.165) is 25.4 Å². The molecule has 0 spiro atoms. The van der Waals surface area contributed by atoms with Gasteiger partial charge in [0, 0.05) is 31.7 Å². The van der Waals surface area contributed by atoms with Gasteiger partial charge in [0.1, 0.15) is 0 Å². The van der Waals surface area contributed by atoms with Gasteiger partial charge in [0.2, 0.25) is 0 Å². The fraction of sp³-hybridized carbons (Fsp3) is 1.00. The van der Waals surface area contributed by atoms with Crippen LogP contribution in [0.2, 0.25) is 0 Å². The Kier molecular flexibility index (Phi) is 4.64. The van der Waals surface area contributed by atoms with E-state index in [2.05, 4.69) is 16.7 Å². The molecule has 2 aliphatic heterocycles. The summed E-state index contributed by atoms with van der Waals surface area (Å²) in [4.78, 5) is 5.25. The molecule has 2 rings (SSSR count). The first-order valence-corrected chi connectivity index (χ1v) is 7.42. The molecule has 0 amide bonds. The van der Waals surface area contributed by atoms with Crippen LogP contribution in [0.15, 0.2) is 0 Å². The second kappa shape index (κ2) is 5.87. The summed E-state index contributed by atoms with van der Waals surface area (Å²) in [5, 5.41) is 9.92. The number of piperazine rings is 1. The molecule has 2 aliphatic rings. The Bertz CT molecular complexity index is 270. The Balaban J connectivity index is 1.75. The molecular formula is C14H29N3O. The Morgan fingerprint density at radius 2 is 2.17 bits per heavy atom. The van der Waals surface area contributed by atoms with Crippen molar-refractivity contribution in [3.8, 4) is 0 Å². The van der Waals surface area contributed by atoms with E-state index in [0.29, 0.717) is 12.6 Å². The summed E-state index contributed by atoms with van der Waals surface area (Å²) >= 11 is 0. The van der Waals surface area contributed by atoms with Crippen LogP contribution in [0.1, 0.15) is 39.5 Å². The summed E-state index contributed by atoms with van der Waals surface area (Å²) in [7, 11) is 0. The Morgan fingerprint density at radius 3 is 2.89 bits per heavy atom. The number of hydrogen-bond acceptors (Lipinski definition) is 4. The standard InChI is InChI=1S/C14H29N3O/c1-12-9-17-7-3-5-13(17)10-16(12)8-4-6-14(2,18)11-15/h12-13,18H,3-11,15H2,1-2H3. The molecule has 4 heteroatoms. The Morgan fingerprint density at radius 1 is 1.39 bits per heavy atom. The topological polar surface area (TPSA) is 52.7 Å². The highest BCUT2D eigenvalue weighted by Gasteiger charge is 2.34. The lowest BCUT2D eigenvalue weighted by Gasteiger charge is -2.42. The van der Waals surface area contributed by atoms with Crippen molar-refractivity contribution < 1.29 is 5.11 Å². The number of aliphatic hydroxyl groups is 1. The zero-order chi connectivity index (χ0) is 13.2. The van der Waals surface area contributed by atoms with Gasteiger partial charge in [-0.15, -0.1) is 0 Å². The molecule has 0 aromatic rings. The highest BCUT2D eigenvalue weighted by atomic mass is 16.3. The van der Waals surface area contributed by atoms with Crippen LogP contribution in [0.4, 0.5) is 0 Å². The van der Waals surface area contributed by atoms with Gasteiger partial charge in [0.25, 0.3) is 0 Å². The molecule has 3 atom stereocenters. The maximum atomic E-state index is 9.92. The van der Waals surface area contributed by atoms with Gasteiger partial charge in [-0.05, 0) is 52.6 Å². The van der Waals surface area contributed by atoms with Gasteiger partial charge < -0.3 is 10.8 Å². The first kappa shape index (κ1) is 14.3. The number of hydrogen-bond donors (Lipinski definition) is 2. The maximum absolute atomic E-state index is 9.92. The molecule has 3 N–H and O–H groups in total. The van der Waals surface area contributed by atoms with Crippen molar-refractivity contribution >= 4 is 0 Å². The van der Waals surface area contributed by atoms with Crippen LogP contribution in [-0.2, 0) is 0 Å². The quantitative estimate of drug-likeness (QED) is 0.757. The molecule has 0 saturated carbocycles. The average molecular weight is 255 g/mol. The van der Waals surface area contributed by atoms with Crippen LogP contribution in [-0.4, -0.2) is 65.3 Å². The first-order valence-electron chi connectivity index (χ1n) is 7.42. The smallest absolute Gasteiger partial charge is 0.0741 e. The third-order valence-electron chi connectivity index (χ3n) is 4.67. The largest absolute Gasteiger partial charge is 0.389 e. The van der Waals surface area contributed by atoms with Crippen molar-refractivity contribution in [1.82, 2.24) is 9.80 Å². The zero-order valence-electron chi connectivity index (χ0n) is 11.9. The molecule has 0 aromatic heterocycles. The van der Waals surface area contributed by atoms with Crippen molar-refractivity contribution in [3.63, 3.8) is 0 Å². The summed E-state index contributed by atoms with van der Waals surface area (Å²) in [5.41, 5.74) is 4.87. The normalized spacial score (nSPS) is 33.3. The predicted octanol–water partition coefficient (Wildman–Crippen LogP) is 0.645. The molecule has 106 valence electrons. The minimum atomic E-state index is -0.682. The maximum Gasteiger partial charge on any atom is 0.0741 e. The molecule has 0 radical (unpaired) electrons. The van der Waals surface area contributed by atoms with E-state index in [1.165, 1.54) is 32.5 Å². The summed E-state index contributed by atoms with van der Waals surface area (Å²) in [6.07, 6.45) is 4.58. The summed E-state index contributed by atoms with van der Waals surface area (Å²) in [6, 6.07) is 1.44. The van der Waals surface area contributed by atoms with E-state index in [1.807, 2.05) is 6.92 Å². The third kappa shape index (κ3) is 3.44. The lowest BCUT2D eigenvalue weighted by molar-refractivity contribution is 0.0354. The SMILES string of the molecule is CC1CN2CCCC2CN1CCCC(C)(O)CN. The lowest BCUT2D eigenvalue weighted by Crippen LogP contribution is -2.55. The molecule has 4 nitrogen and oxygen atoms in total. The van der Waals surface area contributed by atoms with Crippen LogP contribution in [0.5, 0.6) is 0 Å². The first-order chi connectivity index (χ1) is 8.52. The lowest BCUT2D eigenvalue weighted by atomic mass is 9.99. The monoisotopic (exact) mass is 255 g/mol. The second-order valence-corrected chi connectivity index (χ2v) is 6.44.